The van der Waals surface area contributed by atoms with Crippen molar-refractivity contribution in [3.63, 3.8) is 0 Å². The standard InChI is InChI=1S/C14H19N3O2/c1-9-13(18-3)6-5-10(14(9)19-4)11-8-17(2)16-12(11)7-15/h5-6,8H,7,15H2,1-4H3. The first-order valence-corrected chi connectivity index (χ1v) is 6.06. The van der Waals surface area contributed by atoms with Gasteiger partial charge >= 0.3 is 0 Å². The fraction of sp³-hybridized carbons (Fsp3) is 0.357. The summed E-state index contributed by atoms with van der Waals surface area (Å²) >= 11 is 0. The monoisotopic (exact) mass is 261 g/mol. The van der Waals surface area contributed by atoms with Crippen LogP contribution in [0.2, 0.25) is 0 Å². The molecule has 0 bridgehead atoms. The zero-order valence-electron chi connectivity index (χ0n) is 11.7. The molecule has 0 aliphatic rings. The molecule has 19 heavy (non-hydrogen) atoms. The van der Waals surface area contributed by atoms with Crippen molar-refractivity contribution in [3.05, 3.63) is 29.6 Å². The van der Waals surface area contributed by atoms with Crippen molar-refractivity contribution in [2.24, 2.45) is 12.8 Å². The fourth-order valence-corrected chi connectivity index (χ4v) is 2.28. The number of hydrogen-bond acceptors (Lipinski definition) is 4. The number of hydrogen-bond donors (Lipinski definition) is 1. The molecule has 5 heteroatoms. The molecule has 0 spiro atoms. The van der Waals surface area contributed by atoms with Gasteiger partial charge in [0.25, 0.3) is 0 Å². The lowest BCUT2D eigenvalue weighted by Crippen LogP contribution is -2.01. The van der Waals surface area contributed by atoms with E-state index in [9.17, 15) is 0 Å². The Bertz CT molecular complexity index is 591. The molecule has 0 saturated carbocycles. The average molecular weight is 261 g/mol. The van der Waals surface area contributed by atoms with E-state index in [-0.39, 0.29) is 0 Å². The van der Waals surface area contributed by atoms with Crippen LogP contribution in [-0.2, 0) is 13.6 Å². The molecule has 0 radical (unpaired) electrons. The highest BCUT2D eigenvalue weighted by molar-refractivity contribution is 5.75. The Balaban J connectivity index is 2.65. The van der Waals surface area contributed by atoms with E-state index in [0.29, 0.717) is 6.54 Å². The summed E-state index contributed by atoms with van der Waals surface area (Å²) in [5.41, 5.74) is 9.54. The molecule has 102 valence electrons. The van der Waals surface area contributed by atoms with Crippen molar-refractivity contribution in [2.75, 3.05) is 14.2 Å². The maximum absolute atomic E-state index is 5.75. The van der Waals surface area contributed by atoms with Gasteiger partial charge in [0, 0.05) is 36.5 Å². The Morgan fingerprint density at radius 2 is 1.95 bits per heavy atom. The summed E-state index contributed by atoms with van der Waals surface area (Å²) in [6.07, 6.45) is 1.95. The van der Waals surface area contributed by atoms with Crippen LogP contribution in [0.25, 0.3) is 11.1 Å². The molecule has 0 aliphatic carbocycles. The number of nitrogens with zero attached hydrogens (tertiary/aromatic N) is 2. The highest BCUT2D eigenvalue weighted by Crippen LogP contribution is 2.38. The van der Waals surface area contributed by atoms with Crippen LogP contribution in [0.4, 0.5) is 0 Å². The van der Waals surface area contributed by atoms with E-state index in [2.05, 4.69) is 5.10 Å². The minimum absolute atomic E-state index is 0.393. The lowest BCUT2D eigenvalue weighted by molar-refractivity contribution is 0.390. The van der Waals surface area contributed by atoms with Crippen molar-refractivity contribution < 1.29 is 9.47 Å². The van der Waals surface area contributed by atoms with E-state index in [4.69, 9.17) is 15.2 Å². The summed E-state index contributed by atoms with van der Waals surface area (Å²) in [5, 5.41) is 4.36. The van der Waals surface area contributed by atoms with Gasteiger partial charge in [-0.25, -0.2) is 0 Å². The van der Waals surface area contributed by atoms with Crippen molar-refractivity contribution in [3.8, 4) is 22.6 Å². The van der Waals surface area contributed by atoms with Crippen molar-refractivity contribution in [1.29, 1.82) is 0 Å². The lowest BCUT2D eigenvalue weighted by atomic mass is 10.0. The fourth-order valence-electron chi connectivity index (χ4n) is 2.28. The molecule has 2 rings (SSSR count). The van der Waals surface area contributed by atoms with Gasteiger partial charge in [0.05, 0.1) is 19.9 Å². The summed E-state index contributed by atoms with van der Waals surface area (Å²) in [4.78, 5) is 0. The number of rotatable bonds is 4. The molecule has 5 nitrogen and oxygen atoms in total. The van der Waals surface area contributed by atoms with Gasteiger partial charge < -0.3 is 15.2 Å². The molecule has 0 unspecified atom stereocenters. The molecule has 0 saturated heterocycles. The van der Waals surface area contributed by atoms with Gasteiger partial charge in [-0.05, 0) is 19.1 Å². The van der Waals surface area contributed by atoms with Crippen LogP contribution in [0.15, 0.2) is 18.3 Å². The number of aromatic nitrogens is 2. The minimum atomic E-state index is 0.393. The molecular formula is C14H19N3O2. The highest BCUT2D eigenvalue weighted by atomic mass is 16.5. The smallest absolute Gasteiger partial charge is 0.133 e. The van der Waals surface area contributed by atoms with Gasteiger partial charge in [-0.2, -0.15) is 5.10 Å². The predicted octanol–water partition coefficient (Wildman–Crippen LogP) is 1.87. The molecule has 1 aromatic carbocycles. The Kier molecular flexibility index (Phi) is 3.76. The first-order valence-electron chi connectivity index (χ1n) is 6.06. The van der Waals surface area contributed by atoms with Crippen molar-refractivity contribution in [1.82, 2.24) is 9.78 Å². The third kappa shape index (κ3) is 2.29. The Hall–Kier alpha value is -2.01. The molecule has 2 aromatic rings. The zero-order valence-corrected chi connectivity index (χ0v) is 11.7. The second kappa shape index (κ2) is 5.32. The van der Waals surface area contributed by atoms with Gasteiger partial charge in [0.1, 0.15) is 11.5 Å². The molecule has 1 aromatic heterocycles. The maximum Gasteiger partial charge on any atom is 0.133 e. The number of aryl methyl sites for hydroxylation is 1. The van der Waals surface area contributed by atoms with E-state index in [1.54, 1.807) is 18.9 Å². The molecule has 0 atom stereocenters. The lowest BCUT2D eigenvalue weighted by Gasteiger charge is -2.14. The van der Waals surface area contributed by atoms with Crippen molar-refractivity contribution >= 4 is 0 Å². The normalized spacial score (nSPS) is 10.6. The average Bonchev–Trinajstić information content (AvgIpc) is 2.79. The van der Waals surface area contributed by atoms with E-state index in [0.717, 1.165) is 33.9 Å². The van der Waals surface area contributed by atoms with E-state index >= 15 is 0 Å². The second-order valence-electron chi connectivity index (χ2n) is 4.34. The van der Waals surface area contributed by atoms with Gasteiger partial charge in [0.15, 0.2) is 0 Å². The minimum Gasteiger partial charge on any atom is -0.496 e. The summed E-state index contributed by atoms with van der Waals surface area (Å²) in [7, 11) is 5.19. The second-order valence-corrected chi connectivity index (χ2v) is 4.34. The number of nitrogens with two attached hydrogens (primary N) is 1. The van der Waals surface area contributed by atoms with E-state index < -0.39 is 0 Å². The molecular weight excluding hydrogens is 242 g/mol. The van der Waals surface area contributed by atoms with Crippen LogP contribution in [0, 0.1) is 6.92 Å². The van der Waals surface area contributed by atoms with Gasteiger partial charge in [0.2, 0.25) is 0 Å². The molecule has 0 amide bonds. The molecule has 0 fully saturated rings. The Labute approximate surface area is 112 Å². The highest BCUT2D eigenvalue weighted by Gasteiger charge is 2.17. The summed E-state index contributed by atoms with van der Waals surface area (Å²) in [6, 6.07) is 3.90. The third-order valence-electron chi connectivity index (χ3n) is 3.17. The van der Waals surface area contributed by atoms with Crippen molar-refractivity contribution in [2.45, 2.75) is 13.5 Å². The number of methoxy groups -OCH3 is 2. The number of ether oxygens (including phenoxy) is 2. The van der Waals surface area contributed by atoms with Gasteiger partial charge in [-0.3, -0.25) is 4.68 Å². The molecule has 1 heterocycles. The van der Waals surface area contributed by atoms with Crippen LogP contribution in [0.1, 0.15) is 11.3 Å². The Morgan fingerprint density at radius 1 is 1.21 bits per heavy atom. The Morgan fingerprint density at radius 3 is 2.53 bits per heavy atom. The molecule has 0 aliphatic heterocycles. The van der Waals surface area contributed by atoms with E-state index in [1.807, 2.05) is 32.3 Å². The molecule has 2 N–H and O–H groups in total. The van der Waals surface area contributed by atoms with Crippen LogP contribution in [-0.4, -0.2) is 24.0 Å². The number of benzene rings is 1. The summed E-state index contributed by atoms with van der Waals surface area (Å²) in [6.45, 7) is 2.37. The SMILES string of the molecule is COc1ccc(-c2cn(C)nc2CN)c(OC)c1C. The summed E-state index contributed by atoms with van der Waals surface area (Å²) < 4.78 is 12.6. The van der Waals surface area contributed by atoms with Crippen LogP contribution in [0.3, 0.4) is 0 Å². The largest absolute Gasteiger partial charge is 0.496 e. The van der Waals surface area contributed by atoms with Gasteiger partial charge in [-0.1, -0.05) is 0 Å². The van der Waals surface area contributed by atoms with Crippen LogP contribution >= 0.6 is 0 Å². The van der Waals surface area contributed by atoms with Crippen LogP contribution < -0.4 is 15.2 Å². The third-order valence-corrected chi connectivity index (χ3v) is 3.17. The topological polar surface area (TPSA) is 62.3 Å². The van der Waals surface area contributed by atoms with Crippen LogP contribution in [0.5, 0.6) is 11.5 Å². The zero-order chi connectivity index (χ0) is 14.0. The summed E-state index contributed by atoms with van der Waals surface area (Å²) in [5.74, 6) is 1.60. The maximum atomic E-state index is 5.75. The first kappa shape index (κ1) is 13.4. The quantitative estimate of drug-likeness (QED) is 0.912. The predicted molar refractivity (Wildman–Crippen MR) is 74.4 cm³/mol. The van der Waals surface area contributed by atoms with E-state index in [1.165, 1.54) is 0 Å². The first-order chi connectivity index (χ1) is 9.12. The van der Waals surface area contributed by atoms with Gasteiger partial charge in [-0.15, -0.1) is 0 Å².